The number of nitro benzene ring substituents is 1. The number of anilines is 2. The first kappa shape index (κ1) is 38.6. The number of imide groups is 2. The first-order valence-electron chi connectivity index (χ1n) is 18.3. The minimum atomic E-state index is -1.41. The summed E-state index contributed by atoms with van der Waals surface area (Å²) in [5.41, 5.74) is 1.44. The SMILES string of the molecule is COc1cc([C@H]2C3=CC[C@@H]4C(=O)N(c5ccc([N+](=O)[O-])cc5)C(=O)[C@@H]4[C@@H]3C[C@H]3C(=O)N(c4cc(-c5sc6ccc(Cl)cc6c5C)nn4C)C(=O)[C@@]23C)c(Br)c(Br)c1O. The minimum absolute atomic E-state index is 0.100. The predicted octanol–water partition coefficient (Wildman–Crippen LogP) is 8.85. The Kier molecular flexibility index (Phi) is 9.04. The van der Waals surface area contributed by atoms with Crippen LogP contribution in [0.15, 0.2) is 75.2 Å². The van der Waals surface area contributed by atoms with Crippen LogP contribution in [-0.4, -0.2) is 50.5 Å². The molecular weight excluding hydrogens is 918 g/mol. The number of ether oxygens (including phenoxy) is 1. The molecule has 2 aromatic heterocycles. The number of benzene rings is 3. The number of hydrogen-bond donors (Lipinski definition) is 1. The predicted molar refractivity (Wildman–Crippen MR) is 224 cm³/mol. The van der Waals surface area contributed by atoms with Crippen LogP contribution in [0.1, 0.15) is 36.8 Å². The Bertz CT molecular complexity index is 2730. The van der Waals surface area contributed by atoms with Crippen molar-refractivity contribution in [1.82, 2.24) is 9.78 Å². The number of carbonyl (C=O) groups is 4. The topological polar surface area (TPSA) is 165 Å². The average Bonchev–Trinajstić information content (AvgIpc) is 3.87. The van der Waals surface area contributed by atoms with Gasteiger partial charge in [0, 0.05) is 45.4 Å². The number of nitrogens with zero attached hydrogens (tertiary/aromatic N) is 5. The normalized spacial score (nSPS) is 25.3. The van der Waals surface area contributed by atoms with Crippen LogP contribution in [-0.2, 0) is 26.2 Å². The van der Waals surface area contributed by atoms with Crippen molar-refractivity contribution in [3.05, 3.63) is 101 Å². The summed E-state index contributed by atoms with van der Waals surface area (Å²) in [7, 11) is 3.09. The highest BCUT2D eigenvalue weighted by Crippen LogP contribution is 2.65. The number of amides is 4. The van der Waals surface area contributed by atoms with Crippen LogP contribution in [0.25, 0.3) is 20.7 Å². The van der Waals surface area contributed by atoms with Crippen molar-refractivity contribution in [3.8, 4) is 22.1 Å². The van der Waals surface area contributed by atoms with Gasteiger partial charge in [-0.2, -0.15) is 5.10 Å². The minimum Gasteiger partial charge on any atom is -0.503 e. The van der Waals surface area contributed by atoms with Gasteiger partial charge in [0.2, 0.25) is 23.6 Å². The molecule has 0 radical (unpaired) electrons. The summed E-state index contributed by atoms with van der Waals surface area (Å²) in [6, 6.07) is 14.3. The van der Waals surface area contributed by atoms with Crippen LogP contribution in [0.5, 0.6) is 11.5 Å². The summed E-state index contributed by atoms with van der Waals surface area (Å²) in [5.74, 6) is -5.63. The van der Waals surface area contributed by atoms with E-state index >= 15 is 9.59 Å². The van der Waals surface area contributed by atoms with Gasteiger partial charge >= 0.3 is 0 Å². The zero-order valence-electron chi connectivity index (χ0n) is 31.2. The molecule has 6 atom stereocenters. The van der Waals surface area contributed by atoms with Crippen molar-refractivity contribution < 1.29 is 33.9 Å². The molecule has 0 bridgehead atoms. The number of aryl methyl sites for hydroxylation is 2. The lowest BCUT2D eigenvalue weighted by molar-refractivity contribution is -0.384. The Morgan fingerprint density at radius 2 is 1.72 bits per heavy atom. The maximum atomic E-state index is 15.3. The fourth-order valence-electron chi connectivity index (χ4n) is 9.75. The van der Waals surface area contributed by atoms with E-state index in [9.17, 15) is 24.8 Å². The van der Waals surface area contributed by atoms with Crippen LogP contribution >= 0.6 is 54.8 Å². The number of fused-ring (bicyclic) bond motifs is 5. The lowest BCUT2D eigenvalue weighted by Gasteiger charge is -2.49. The second kappa shape index (κ2) is 13.6. The van der Waals surface area contributed by atoms with Crippen molar-refractivity contribution in [3.63, 3.8) is 0 Å². The lowest BCUT2D eigenvalue weighted by Crippen LogP contribution is -2.49. The fraction of sp³-hybridized carbons (Fsp3) is 0.293. The Balaban J connectivity index is 1.17. The second-order valence-corrected chi connectivity index (χ2v) is 18.4. The number of carbonyl (C=O) groups excluding carboxylic acids is 4. The Morgan fingerprint density at radius 3 is 2.41 bits per heavy atom. The van der Waals surface area contributed by atoms with Gasteiger partial charge in [-0.1, -0.05) is 23.3 Å². The molecule has 1 saturated carbocycles. The number of halogens is 3. The Morgan fingerprint density at radius 1 is 1.00 bits per heavy atom. The van der Waals surface area contributed by atoms with Gasteiger partial charge < -0.3 is 9.84 Å². The molecule has 0 unspecified atom stereocenters. The third-order valence-electron chi connectivity index (χ3n) is 12.5. The molecule has 4 heterocycles. The molecule has 3 aromatic carbocycles. The number of thiophene rings is 1. The Labute approximate surface area is 356 Å². The number of phenols is 1. The van der Waals surface area contributed by atoms with E-state index in [0.29, 0.717) is 20.8 Å². The highest BCUT2D eigenvalue weighted by Gasteiger charge is 2.68. The van der Waals surface area contributed by atoms with E-state index in [-0.39, 0.29) is 46.0 Å². The molecule has 13 nitrogen and oxygen atoms in total. The maximum Gasteiger partial charge on any atom is 0.269 e. The molecule has 3 fully saturated rings. The number of allylic oxidation sites excluding steroid dienone is 2. The number of phenolic OH excluding ortho intramolecular Hbond substituents is 1. The molecule has 9 rings (SSSR count). The van der Waals surface area contributed by atoms with Crippen LogP contribution in [0.2, 0.25) is 5.02 Å². The number of hydrogen-bond acceptors (Lipinski definition) is 10. The molecule has 5 aromatic rings. The largest absolute Gasteiger partial charge is 0.503 e. The van der Waals surface area contributed by atoms with Crippen molar-refractivity contribution in [1.29, 1.82) is 0 Å². The standard InChI is InChI=1S/C41H32Br2ClN5O8S/c1-17-23-13-18(44)5-12-29(23)58-36(17)27-16-30(46(3)45-27)48-38(52)26-14-24-21(32(41(26,2)40(48)54)25-15-28(57-4)35(50)34(43)33(25)42)10-11-22-31(24)39(53)47(37(22)51)19-6-8-20(9-7-19)49(55)56/h5-10,12-13,15-16,22,24,26,31-32,50H,11,14H2,1-4H3/t22-,24+,26-,31-,32+,41+/m0/s1. The van der Waals surface area contributed by atoms with E-state index < -0.39 is 63.6 Å². The molecule has 4 amide bonds. The first-order valence-corrected chi connectivity index (χ1v) is 21.0. The summed E-state index contributed by atoms with van der Waals surface area (Å²) >= 11 is 15.0. The van der Waals surface area contributed by atoms with Gasteiger partial charge in [0.05, 0.1) is 50.2 Å². The maximum absolute atomic E-state index is 15.3. The van der Waals surface area contributed by atoms with Gasteiger partial charge in [0.1, 0.15) is 11.5 Å². The number of nitro groups is 1. The van der Waals surface area contributed by atoms with Crippen molar-refractivity contribution in [2.45, 2.75) is 32.6 Å². The van der Waals surface area contributed by atoms with Crippen molar-refractivity contribution in [2.75, 3.05) is 16.9 Å². The number of non-ortho nitro benzene ring substituents is 1. The van der Waals surface area contributed by atoms with Crippen molar-refractivity contribution in [2.24, 2.45) is 36.1 Å². The van der Waals surface area contributed by atoms with Crippen LogP contribution in [0, 0.1) is 46.1 Å². The Hall–Kier alpha value is -4.90. The van der Waals surface area contributed by atoms with Gasteiger partial charge in [-0.25, -0.2) is 4.90 Å². The summed E-state index contributed by atoms with van der Waals surface area (Å²) < 4.78 is 8.82. The molecule has 17 heteroatoms. The molecule has 1 N–H and O–H groups in total. The number of aromatic nitrogens is 2. The van der Waals surface area contributed by atoms with Gasteiger partial charge in [0.15, 0.2) is 11.5 Å². The van der Waals surface area contributed by atoms with Crippen LogP contribution in [0.4, 0.5) is 17.2 Å². The van der Waals surface area contributed by atoms with E-state index in [1.165, 1.54) is 52.3 Å². The highest BCUT2D eigenvalue weighted by molar-refractivity contribution is 9.13. The monoisotopic (exact) mass is 947 g/mol. The molecular formula is C41H32Br2ClN5O8S. The smallest absolute Gasteiger partial charge is 0.269 e. The number of aromatic hydroxyl groups is 1. The molecule has 296 valence electrons. The van der Waals surface area contributed by atoms with Gasteiger partial charge in [-0.3, -0.25) is 38.9 Å². The lowest BCUT2D eigenvalue weighted by atomic mass is 9.51. The van der Waals surface area contributed by atoms with Crippen LogP contribution < -0.4 is 14.5 Å². The van der Waals surface area contributed by atoms with E-state index in [2.05, 4.69) is 31.9 Å². The fourth-order valence-corrected chi connectivity index (χ4v) is 12.0. The van der Waals surface area contributed by atoms with Crippen molar-refractivity contribution >= 4 is 106 Å². The summed E-state index contributed by atoms with van der Waals surface area (Å²) in [6.07, 6.45) is 2.21. The molecule has 2 aliphatic carbocycles. The van der Waals surface area contributed by atoms with E-state index in [1.54, 1.807) is 26.1 Å². The second-order valence-electron chi connectivity index (χ2n) is 15.3. The number of rotatable bonds is 6. The molecule has 58 heavy (non-hydrogen) atoms. The highest BCUT2D eigenvalue weighted by atomic mass is 79.9. The van der Waals surface area contributed by atoms with Gasteiger partial charge in [-0.15, -0.1) is 11.3 Å². The summed E-state index contributed by atoms with van der Waals surface area (Å²) in [5, 5.41) is 28.7. The zero-order chi connectivity index (χ0) is 41.3. The zero-order valence-corrected chi connectivity index (χ0v) is 35.9. The quantitative estimate of drug-likeness (QED) is 0.0758. The number of methoxy groups -OCH3 is 1. The summed E-state index contributed by atoms with van der Waals surface area (Å²) in [4.78, 5) is 72.8. The first-order chi connectivity index (χ1) is 27.6. The summed E-state index contributed by atoms with van der Waals surface area (Å²) in [6.45, 7) is 3.75. The van der Waals surface area contributed by atoms with Crippen LogP contribution in [0.3, 0.4) is 0 Å². The van der Waals surface area contributed by atoms with E-state index in [1.807, 2.05) is 31.2 Å². The molecule has 2 saturated heterocycles. The average molecular weight is 950 g/mol. The molecule has 2 aliphatic heterocycles. The third-order valence-corrected chi connectivity index (χ3v) is 16.2. The van der Waals surface area contributed by atoms with E-state index in [0.717, 1.165) is 31.0 Å². The molecule has 4 aliphatic rings. The van der Waals surface area contributed by atoms with Gasteiger partial charge in [0.25, 0.3) is 5.69 Å². The third kappa shape index (κ3) is 5.33. The van der Waals surface area contributed by atoms with E-state index in [4.69, 9.17) is 21.4 Å². The molecule has 0 spiro atoms. The van der Waals surface area contributed by atoms with Gasteiger partial charge in [-0.05, 0) is 117 Å².